The van der Waals surface area contributed by atoms with Gasteiger partial charge < -0.3 is 4.42 Å². The second kappa shape index (κ2) is 3.84. The maximum absolute atomic E-state index is 12.6. The van der Waals surface area contributed by atoms with Crippen molar-refractivity contribution in [3.8, 4) is 11.3 Å². The van der Waals surface area contributed by atoms with Crippen molar-refractivity contribution >= 4 is 11.1 Å². The van der Waals surface area contributed by atoms with Crippen molar-refractivity contribution < 1.29 is 17.6 Å². The molecule has 0 saturated carbocycles. The van der Waals surface area contributed by atoms with E-state index in [2.05, 4.69) is 10.1 Å². The molecule has 7 heteroatoms. The van der Waals surface area contributed by atoms with E-state index in [0.29, 0.717) is 22.4 Å². The molecule has 0 fully saturated rings. The molecule has 4 nitrogen and oxygen atoms in total. The largest absolute Gasteiger partial charge is 0.443 e. The van der Waals surface area contributed by atoms with Gasteiger partial charge in [-0.25, -0.2) is 4.98 Å². The van der Waals surface area contributed by atoms with Crippen LogP contribution in [0.2, 0.25) is 0 Å². The quantitative estimate of drug-likeness (QED) is 0.679. The van der Waals surface area contributed by atoms with E-state index < -0.39 is 11.9 Å². The first kappa shape index (κ1) is 11.8. The highest BCUT2D eigenvalue weighted by atomic mass is 19.4. The zero-order valence-corrected chi connectivity index (χ0v) is 9.77. The Morgan fingerprint density at radius 2 is 2.00 bits per heavy atom. The van der Waals surface area contributed by atoms with E-state index in [1.165, 1.54) is 18.1 Å². The minimum Gasteiger partial charge on any atom is -0.443 e. The molecular weight excluding hydrogens is 259 g/mol. The highest BCUT2D eigenvalue weighted by Crippen LogP contribution is 2.32. The van der Waals surface area contributed by atoms with Crippen LogP contribution < -0.4 is 0 Å². The van der Waals surface area contributed by atoms with Gasteiger partial charge in [0.15, 0.2) is 17.7 Å². The molecule has 3 rings (SSSR count). The van der Waals surface area contributed by atoms with Gasteiger partial charge in [-0.2, -0.15) is 18.3 Å². The summed E-state index contributed by atoms with van der Waals surface area (Å²) in [7, 11) is 1.47. The molecule has 0 aliphatic rings. The standard InChI is InChI=1S/C12H8F3N3O/c1-18-9(5-11(17-18)12(13,14)15)7-2-3-8-10(4-7)19-6-16-8/h2-6H,1H3. The zero-order chi connectivity index (χ0) is 13.6. The Morgan fingerprint density at radius 1 is 1.21 bits per heavy atom. The SMILES string of the molecule is Cn1nc(C(F)(F)F)cc1-c1ccc2ncoc2c1. The summed E-state index contributed by atoms with van der Waals surface area (Å²) in [6.07, 6.45) is -3.16. The van der Waals surface area contributed by atoms with Crippen LogP contribution in [0.4, 0.5) is 13.2 Å². The fourth-order valence-electron chi connectivity index (χ4n) is 1.89. The number of oxazole rings is 1. The molecule has 0 aliphatic carbocycles. The molecular formula is C12H8F3N3O. The number of benzene rings is 1. The fourth-order valence-corrected chi connectivity index (χ4v) is 1.89. The van der Waals surface area contributed by atoms with Crippen molar-refractivity contribution in [3.63, 3.8) is 0 Å². The summed E-state index contributed by atoms with van der Waals surface area (Å²) >= 11 is 0. The second-order valence-electron chi connectivity index (χ2n) is 4.07. The molecule has 0 saturated heterocycles. The Labute approximate surface area is 105 Å². The summed E-state index contributed by atoms with van der Waals surface area (Å²) in [5.41, 5.74) is 1.22. The molecule has 3 aromatic rings. The van der Waals surface area contributed by atoms with Gasteiger partial charge in [-0.05, 0) is 18.2 Å². The fraction of sp³-hybridized carbons (Fsp3) is 0.167. The average molecular weight is 267 g/mol. The number of aromatic nitrogens is 3. The van der Waals surface area contributed by atoms with Gasteiger partial charge in [0.25, 0.3) is 0 Å². The lowest BCUT2D eigenvalue weighted by Crippen LogP contribution is -2.06. The van der Waals surface area contributed by atoms with Gasteiger partial charge in [-0.3, -0.25) is 4.68 Å². The molecule has 2 heterocycles. The number of aryl methyl sites for hydroxylation is 1. The summed E-state index contributed by atoms with van der Waals surface area (Å²) in [6, 6.07) is 6.02. The van der Waals surface area contributed by atoms with E-state index in [1.54, 1.807) is 18.2 Å². The smallest absolute Gasteiger partial charge is 0.435 e. The third kappa shape index (κ3) is 1.96. The third-order valence-corrected chi connectivity index (χ3v) is 2.80. The van der Waals surface area contributed by atoms with Gasteiger partial charge >= 0.3 is 6.18 Å². The van der Waals surface area contributed by atoms with Crippen LogP contribution in [0.25, 0.3) is 22.4 Å². The first-order chi connectivity index (χ1) is 8.95. The average Bonchev–Trinajstić information content (AvgIpc) is 2.92. The first-order valence-electron chi connectivity index (χ1n) is 5.40. The van der Waals surface area contributed by atoms with Crippen LogP contribution in [-0.2, 0) is 13.2 Å². The molecule has 0 N–H and O–H groups in total. The summed E-state index contributed by atoms with van der Waals surface area (Å²) in [6.45, 7) is 0. The molecule has 0 spiro atoms. The molecule has 1 aromatic carbocycles. The molecule has 98 valence electrons. The molecule has 0 atom stereocenters. The van der Waals surface area contributed by atoms with E-state index >= 15 is 0 Å². The van der Waals surface area contributed by atoms with E-state index in [1.807, 2.05) is 0 Å². The predicted molar refractivity (Wildman–Crippen MR) is 61.2 cm³/mol. The lowest BCUT2D eigenvalue weighted by atomic mass is 10.1. The van der Waals surface area contributed by atoms with Crippen LogP contribution in [0.3, 0.4) is 0 Å². The molecule has 0 radical (unpaired) electrons. The number of halogens is 3. The first-order valence-corrected chi connectivity index (χ1v) is 5.40. The lowest BCUT2D eigenvalue weighted by molar-refractivity contribution is -0.141. The summed E-state index contributed by atoms with van der Waals surface area (Å²) in [4.78, 5) is 3.95. The number of fused-ring (bicyclic) bond motifs is 1. The predicted octanol–water partition coefficient (Wildman–Crippen LogP) is 3.25. The van der Waals surface area contributed by atoms with E-state index in [4.69, 9.17) is 4.42 Å². The van der Waals surface area contributed by atoms with Crippen molar-refractivity contribution in [3.05, 3.63) is 36.4 Å². The van der Waals surface area contributed by atoms with Crippen LogP contribution in [0, 0.1) is 0 Å². The number of nitrogens with zero attached hydrogens (tertiary/aromatic N) is 3. The van der Waals surface area contributed by atoms with Gasteiger partial charge in [0, 0.05) is 12.6 Å². The normalized spacial score (nSPS) is 12.2. The van der Waals surface area contributed by atoms with E-state index in [9.17, 15) is 13.2 Å². The Kier molecular flexibility index (Phi) is 2.38. The summed E-state index contributed by atoms with van der Waals surface area (Å²) < 4.78 is 44.1. The van der Waals surface area contributed by atoms with Crippen molar-refractivity contribution in [2.75, 3.05) is 0 Å². The van der Waals surface area contributed by atoms with Crippen molar-refractivity contribution in [2.45, 2.75) is 6.18 Å². The minimum atomic E-state index is -4.45. The van der Waals surface area contributed by atoms with Gasteiger partial charge in [-0.1, -0.05) is 6.07 Å². The van der Waals surface area contributed by atoms with Gasteiger partial charge in [0.05, 0.1) is 5.69 Å². The third-order valence-electron chi connectivity index (χ3n) is 2.80. The highest BCUT2D eigenvalue weighted by molar-refractivity contribution is 5.79. The van der Waals surface area contributed by atoms with Crippen LogP contribution in [-0.4, -0.2) is 14.8 Å². The monoisotopic (exact) mass is 267 g/mol. The van der Waals surface area contributed by atoms with Crippen LogP contribution in [0.5, 0.6) is 0 Å². The van der Waals surface area contributed by atoms with Crippen LogP contribution >= 0.6 is 0 Å². The highest BCUT2D eigenvalue weighted by Gasteiger charge is 2.34. The van der Waals surface area contributed by atoms with E-state index in [-0.39, 0.29) is 0 Å². The van der Waals surface area contributed by atoms with Crippen molar-refractivity contribution in [1.29, 1.82) is 0 Å². The molecule has 0 unspecified atom stereocenters. The van der Waals surface area contributed by atoms with Crippen molar-refractivity contribution in [1.82, 2.24) is 14.8 Å². The summed E-state index contributed by atoms with van der Waals surface area (Å²) in [5, 5.41) is 3.47. The van der Waals surface area contributed by atoms with Crippen molar-refractivity contribution in [2.24, 2.45) is 7.05 Å². The lowest BCUT2D eigenvalue weighted by Gasteiger charge is -2.00. The topological polar surface area (TPSA) is 43.9 Å². The van der Waals surface area contributed by atoms with Gasteiger partial charge in [-0.15, -0.1) is 0 Å². The zero-order valence-electron chi connectivity index (χ0n) is 9.77. The van der Waals surface area contributed by atoms with Crippen LogP contribution in [0.15, 0.2) is 35.1 Å². The molecule has 0 aliphatic heterocycles. The van der Waals surface area contributed by atoms with Gasteiger partial charge in [0.1, 0.15) is 5.52 Å². The Balaban J connectivity index is 2.13. The molecule has 0 bridgehead atoms. The summed E-state index contributed by atoms with van der Waals surface area (Å²) in [5.74, 6) is 0. The molecule has 0 amide bonds. The number of hydrogen-bond acceptors (Lipinski definition) is 3. The number of hydrogen-bond donors (Lipinski definition) is 0. The minimum absolute atomic E-state index is 0.366. The maximum Gasteiger partial charge on any atom is 0.435 e. The molecule has 19 heavy (non-hydrogen) atoms. The number of alkyl halides is 3. The Hall–Kier alpha value is -2.31. The molecule has 2 aromatic heterocycles. The van der Waals surface area contributed by atoms with Gasteiger partial charge in [0.2, 0.25) is 0 Å². The van der Waals surface area contributed by atoms with E-state index in [0.717, 1.165) is 6.07 Å². The van der Waals surface area contributed by atoms with Crippen LogP contribution in [0.1, 0.15) is 5.69 Å². The Bertz CT molecular complexity index is 742. The second-order valence-corrected chi connectivity index (χ2v) is 4.07. The maximum atomic E-state index is 12.6. The number of rotatable bonds is 1. The Morgan fingerprint density at radius 3 is 2.68 bits per heavy atom.